The van der Waals surface area contributed by atoms with Crippen LogP contribution in [0.25, 0.3) is 0 Å². The number of benzene rings is 1. The highest BCUT2D eigenvalue weighted by atomic mass is 16.5. The molecule has 1 aromatic carbocycles. The van der Waals surface area contributed by atoms with E-state index in [-0.39, 0.29) is 0 Å². The molecule has 2 aromatic rings. The molecule has 0 amide bonds. The highest BCUT2D eigenvalue weighted by Crippen LogP contribution is 2.22. The van der Waals surface area contributed by atoms with E-state index in [1.165, 1.54) is 5.56 Å². The van der Waals surface area contributed by atoms with E-state index >= 15 is 0 Å². The van der Waals surface area contributed by atoms with Crippen molar-refractivity contribution in [3.63, 3.8) is 0 Å². The Morgan fingerprint density at radius 1 is 1.39 bits per heavy atom. The number of aryl methyl sites for hydroxylation is 2. The van der Waals surface area contributed by atoms with Gasteiger partial charge in [0.2, 0.25) is 0 Å². The van der Waals surface area contributed by atoms with E-state index in [4.69, 9.17) is 10.5 Å². The number of nitrogen functional groups attached to an aromatic ring is 1. The monoisotopic (exact) mass is 245 g/mol. The standard InChI is InChI=1S/C14H19N3O/c1-3-11-4-5-13(12(15)10-11)18-9-6-14-16-7-8-17(14)2/h4-5,7-8,10H,3,6,9,15H2,1-2H3. The van der Waals surface area contributed by atoms with Crippen LogP contribution in [0.3, 0.4) is 0 Å². The van der Waals surface area contributed by atoms with E-state index in [2.05, 4.69) is 11.9 Å². The second kappa shape index (κ2) is 5.58. The smallest absolute Gasteiger partial charge is 0.142 e. The predicted molar refractivity (Wildman–Crippen MR) is 72.6 cm³/mol. The number of rotatable bonds is 5. The molecule has 0 saturated carbocycles. The number of nitrogens with zero attached hydrogens (tertiary/aromatic N) is 2. The molecule has 0 saturated heterocycles. The van der Waals surface area contributed by atoms with Crippen molar-refractivity contribution in [2.45, 2.75) is 19.8 Å². The molecule has 0 bridgehead atoms. The van der Waals surface area contributed by atoms with Crippen molar-refractivity contribution in [1.82, 2.24) is 9.55 Å². The number of hydrogen-bond donors (Lipinski definition) is 1. The van der Waals surface area contributed by atoms with Gasteiger partial charge >= 0.3 is 0 Å². The topological polar surface area (TPSA) is 53.1 Å². The van der Waals surface area contributed by atoms with Gasteiger partial charge in [0.25, 0.3) is 0 Å². The molecule has 96 valence electrons. The maximum absolute atomic E-state index is 5.94. The van der Waals surface area contributed by atoms with Gasteiger partial charge in [0.1, 0.15) is 11.6 Å². The summed E-state index contributed by atoms with van der Waals surface area (Å²) in [6.07, 6.45) is 5.48. The van der Waals surface area contributed by atoms with E-state index < -0.39 is 0 Å². The van der Waals surface area contributed by atoms with Crippen LogP contribution in [0.4, 0.5) is 5.69 Å². The number of ether oxygens (including phenoxy) is 1. The van der Waals surface area contributed by atoms with Crippen molar-refractivity contribution in [2.75, 3.05) is 12.3 Å². The van der Waals surface area contributed by atoms with Gasteiger partial charge in [-0.25, -0.2) is 4.98 Å². The molecule has 0 unspecified atom stereocenters. The molecular weight excluding hydrogens is 226 g/mol. The Balaban J connectivity index is 1.92. The van der Waals surface area contributed by atoms with E-state index in [0.717, 1.165) is 24.4 Å². The first kappa shape index (κ1) is 12.5. The van der Waals surface area contributed by atoms with Crippen LogP contribution >= 0.6 is 0 Å². The first-order valence-corrected chi connectivity index (χ1v) is 6.18. The van der Waals surface area contributed by atoms with Crippen LogP contribution in [0.1, 0.15) is 18.3 Å². The third-order valence-corrected chi connectivity index (χ3v) is 2.99. The zero-order valence-electron chi connectivity index (χ0n) is 10.9. The second-order valence-electron chi connectivity index (χ2n) is 4.28. The first-order valence-electron chi connectivity index (χ1n) is 6.18. The lowest BCUT2D eigenvalue weighted by atomic mass is 10.1. The molecule has 4 heteroatoms. The normalized spacial score (nSPS) is 10.6. The van der Waals surface area contributed by atoms with Gasteiger partial charge in [-0.2, -0.15) is 0 Å². The molecule has 1 aromatic heterocycles. The van der Waals surface area contributed by atoms with Crippen LogP contribution in [0.5, 0.6) is 5.75 Å². The molecule has 2 rings (SSSR count). The zero-order valence-corrected chi connectivity index (χ0v) is 10.9. The predicted octanol–water partition coefficient (Wildman–Crippen LogP) is 2.19. The van der Waals surface area contributed by atoms with Crippen LogP contribution in [0.2, 0.25) is 0 Å². The molecule has 0 aliphatic rings. The van der Waals surface area contributed by atoms with Crippen LogP contribution in [-0.2, 0) is 19.9 Å². The maximum Gasteiger partial charge on any atom is 0.142 e. The summed E-state index contributed by atoms with van der Waals surface area (Å²) in [6.45, 7) is 2.69. The second-order valence-corrected chi connectivity index (χ2v) is 4.28. The summed E-state index contributed by atoms with van der Waals surface area (Å²) in [4.78, 5) is 4.25. The number of aromatic nitrogens is 2. The fraction of sp³-hybridized carbons (Fsp3) is 0.357. The van der Waals surface area contributed by atoms with Crippen molar-refractivity contribution in [3.8, 4) is 5.75 Å². The molecule has 0 spiro atoms. The fourth-order valence-corrected chi connectivity index (χ4v) is 1.84. The van der Waals surface area contributed by atoms with Crippen molar-refractivity contribution < 1.29 is 4.74 Å². The summed E-state index contributed by atoms with van der Waals surface area (Å²) < 4.78 is 7.68. The number of nitrogens with two attached hydrogens (primary N) is 1. The van der Waals surface area contributed by atoms with Gasteiger partial charge in [0, 0.05) is 25.9 Å². The Morgan fingerprint density at radius 3 is 2.83 bits per heavy atom. The fourth-order valence-electron chi connectivity index (χ4n) is 1.84. The highest BCUT2D eigenvalue weighted by molar-refractivity contribution is 5.54. The SMILES string of the molecule is CCc1ccc(OCCc2nccn2C)c(N)c1. The van der Waals surface area contributed by atoms with E-state index in [0.29, 0.717) is 12.3 Å². The number of anilines is 1. The molecule has 2 N–H and O–H groups in total. The van der Waals surface area contributed by atoms with E-state index in [9.17, 15) is 0 Å². The summed E-state index contributed by atoms with van der Waals surface area (Å²) in [5.41, 5.74) is 7.87. The molecule has 0 aliphatic heterocycles. The third-order valence-electron chi connectivity index (χ3n) is 2.99. The minimum atomic E-state index is 0.584. The van der Waals surface area contributed by atoms with Crippen molar-refractivity contribution in [2.24, 2.45) is 7.05 Å². The molecule has 0 radical (unpaired) electrons. The van der Waals surface area contributed by atoms with Crippen LogP contribution in [-0.4, -0.2) is 16.2 Å². The van der Waals surface area contributed by atoms with Crippen LogP contribution < -0.4 is 10.5 Å². The summed E-state index contributed by atoms with van der Waals surface area (Å²) >= 11 is 0. The van der Waals surface area contributed by atoms with Crippen LogP contribution in [0.15, 0.2) is 30.6 Å². The molecule has 0 atom stereocenters. The van der Waals surface area contributed by atoms with E-state index in [1.807, 2.05) is 36.0 Å². The summed E-state index contributed by atoms with van der Waals surface area (Å²) in [5, 5.41) is 0. The Labute approximate surface area is 107 Å². The molecule has 18 heavy (non-hydrogen) atoms. The average Bonchev–Trinajstić information content (AvgIpc) is 2.77. The Bertz CT molecular complexity index is 520. The third kappa shape index (κ3) is 2.83. The molecule has 0 aliphatic carbocycles. The van der Waals surface area contributed by atoms with Gasteiger partial charge in [-0.05, 0) is 24.1 Å². The van der Waals surface area contributed by atoms with E-state index in [1.54, 1.807) is 6.20 Å². The van der Waals surface area contributed by atoms with Crippen molar-refractivity contribution in [1.29, 1.82) is 0 Å². The number of hydrogen-bond acceptors (Lipinski definition) is 3. The summed E-state index contributed by atoms with van der Waals surface area (Å²) in [5.74, 6) is 1.76. The summed E-state index contributed by atoms with van der Waals surface area (Å²) in [7, 11) is 1.98. The maximum atomic E-state index is 5.94. The molecule has 1 heterocycles. The first-order chi connectivity index (χ1) is 8.70. The molecule has 4 nitrogen and oxygen atoms in total. The molecule has 0 fully saturated rings. The van der Waals surface area contributed by atoms with Gasteiger partial charge < -0.3 is 15.0 Å². The Kier molecular flexibility index (Phi) is 3.87. The lowest BCUT2D eigenvalue weighted by Crippen LogP contribution is -2.07. The van der Waals surface area contributed by atoms with Crippen LogP contribution in [0, 0.1) is 0 Å². The minimum Gasteiger partial charge on any atom is -0.491 e. The number of imidazole rings is 1. The highest BCUT2D eigenvalue weighted by Gasteiger charge is 2.03. The molecular formula is C14H19N3O. The lowest BCUT2D eigenvalue weighted by Gasteiger charge is -2.10. The zero-order chi connectivity index (χ0) is 13.0. The Morgan fingerprint density at radius 2 is 2.22 bits per heavy atom. The van der Waals surface area contributed by atoms with Gasteiger partial charge in [-0.15, -0.1) is 0 Å². The lowest BCUT2D eigenvalue weighted by molar-refractivity contribution is 0.319. The van der Waals surface area contributed by atoms with Crippen molar-refractivity contribution >= 4 is 5.69 Å². The van der Waals surface area contributed by atoms with Gasteiger partial charge in [-0.1, -0.05) is 13.0 Å². The van der Waals surface area contributed by atoms with Gasteiger partial charge in [0.15, 0.2) is 0 Å². The summed E-state index contributed by atoms with van der Waals surface area (Å²) in [6, 6.07) is 5.95. The quantitative estimate of drug-likeness (QED) is 0.821. The largest absolute Gasteiger partial charge is 0.491 e. The van der Waals surface area contributed by atoms with Gasteiger partial charge in [-0.3, -0.25) is 0 Å². The van der Waals surface area contributed by atoms with Crippen molar-refractivity contribution in [3.05, 3.63) is 42.0 Å². The Hall–Kier alpha value is -1.97. The van der Waals surface area contributed by atoms with Gasteiger partial charge in [0.05, 0.1) is 12.3 Å². The average molecular weight is 245 g/mol. The minimum absolute atomic E-state index is 0.584.